The first-order valence-electron chi connectivity index (χ1n) is 3.12. The van der Waals surface area contributed by atoms with E-state index in [0.29, 0.717) is 0 Å². The van der Waals surface area contributed by atoms with Crippen molar-refractivity contribution in [3.8, 4) is 0 Å². The molecule has 2 N–H and O–H groups in total. The van der Waals surface area contributed by atoms with Crippen LogP contribution < -0.4 is 0 Å². The highest BCUT2D eigenvalue weighted by molar-refractivity contribution is 5.84. The minimum Gasteiger partial charge on any atom is -0.479 e. The van der Waals surface area contributed by atoms with Crippen LogP contribution in [0.3, 0.4) is 0 Å². The predicted molar refractivity (Wildman–Crippen MR) is 37.0 cm³/mol. The van der Waals surface area contributed by atoms with Crippen molar-refractivity contribution in [1.82, 2.24) is 0 Å². The number of ether oxygens (including phenoxy) is 2. The second kappa shape index (κ2) is 5.09. The van der Waals surface area contributed by atoms with Gasteiger partial charge in [-0.25, -0.2) is 9.59 Å². The van der Waals surface area contributed by atoms with Gasteiger partial charge >= 0.3 is 11.9 Å². The molecule has 0 radical (unpaired) electrons. The van der Waals surface area contributed by atoms with Gasteiger partial charge in [-0.2, -0.15) is 0 Å². The van der Waals surface area contributed by atoms with Gasteiger partial charge in [0.05, 0.1) is 0 Å². The normalized spacial score (nSPS) is 14.2. The van der Waals surface area contributed by atoms with Crippen molar-refractivity contribution in [2.75, 3.05) is 7.11 Å². The number of aliphatic carboxylic acids is 2. The lowest BCUT2D eigenvalue weighted by Gasteiger charge is -2.16. The van der Waals surface area contributed by atoms with Crippen molar-refractivity contribution in [1.29, 1.82) is 0 Å². The molecule has 0 saturated carbocycles. The zero-order valence-corrected chi connectivity index (χ0v) is 6.67. The Kier molecular flexibility index (Phi) is 4.45. The Hall–Kier alpha value is -1.63. The van der Waals surface area contributed by atoms with Gasteiger partial charge in [0.15, 0.2) is 0 Å². The summed E-state index contributed by atoms with van der Waals surface area (Å²) >= 11 is 0. The molecule has 0 aromatic carbocycles. The Bertz CT molecular complexity index is 211. The van der Waals surface area contributed by atoms with E-state index in [2.05, 4.69) is 9.47 Å². The first kappa shape index (κ1) is 11.4. The maximum atomic E-state index is 10.4. The molecule has 0 amide bonds. The van der Waals surface area contributed by atoms with Crippen molar-refractivity contribution in [2.24, 2.45) is 0 Å². The molecule has 7 nitrogen and oxygen atoms in total. The molecule has 13 heavy (non-hydrogen) atoms. The molecular weight excluding hydrogens is 184 g/mol. The van der Waals surface area contributed by atoms with Gasteiger partial charge in [-0.05, 0) is 0 Å². The van der Waals surface area contributed by atoms with Crippen molar-refractivity contribution < 1.29 is 34.1 Å². The van der Waals surface area contributed by atoms with E-state index >= 15 is 0 Å². The van der Waals surface area contributed by atoms with E-state index in [0.717, 1.165) is 7.11 Å². The van der Waals surface area contributed by atoms with Crippen LogP contribution in [0, 0.1) is 0 Å². The summed E-state index contributed by atoms with van der Waals surface area (Å²) in [5.74, 6) is -3.10. The molecule has 0 aromatic heterocycles. The number of rotatable bonds is 6. The maximum absolute atomic E-state index is 10.4. The quantitative estimate of drug-likeness (QED) is 0.504. The number of carbonyl (C=O) groups is 3. The van der Waals surface area contributed by atoms with Crippen LogP contribution in [0.15, 0.2) is 0 Å². The summed E-state index contributed by atoms with van der Waals surface area (Å²) in [6.07, 6.45) is -3.54. The molecule has 74 valence electrons. The number of hydrogen-bond acceptors (Lipinski definition) is 5. The molecule has 0 aliphatic heterocycles. The van der Waals surface area contributed by atoms with Crippen molar-refractivity contribution >= 4 is 18.4 Å². The van der Waals surface area contributed by atoms with Crippen molar-refractivity contribution in [2.45, 2.75) is 12.2 Å². The third-order valence-corrected chi connectivity index (χ3v) is 1.22. The monoisotopic (exact) mass is 192 g/mol. The van der Waals surface area contributed by atoms with Gasteiger partial charge in [0, 0.05) is 7.11 Å². The second-order valence-electron chi connectivity index (χ2n) is 1.99. The molecule has 0 saturated heterocycles. The molecular formula is C6H8O7. The Morgan fingerprint density at radius 3 is 1.92 bits per heavy atom. The van der Waals surface area contributed by atoms with E-state index < -0.39 is 24.1 Å². The topological polar surface area (TPSA) is 110 Å². The van der Waals surface area contributed by atoms with E-state index in [9.17, 15) is 14.4 Å². The summed E-state index contributed by atoms with van der Waals surface area (Å²) in [5, 5.41) is 16.9. The van der Waals surface area contributed by atoms with Gasteiger partial charge in [0.2, 0.25) is 12.2 Å². The zero-order valence-electron chi connectivity index (χ0n) is 6.67. The number of carboxylic acid groups (broad SMARTS) is 2. The largest absolute Gasteiger partial charge is 0.479 e. The molecule has 2 unspecified atom stereocenters. The van der Waals surface area contributed by atoms with Gasteiger partial charge < -0.3 is 19.7 Å². The summed E-state index contributed by atoms with van der Waals surface area (Å²) in [7, 11) is 1.00. The van der Waals surface area contributed by atoms with Gasteiger partial charge in [-0.1, -0.05) is 0 Å². The number of carbonyl (C=O) groups excluding carboxylic acids is 1. The molecule has 0 rings (SSSR count). The molecule has 0 fully saturated rings. The first-order chi connectivity index (χ1) is 6.04. The molecule has 0 spiro atoms. The summed E-state index contributed by atoms with van der Waals surface area (Å²) in [6.45, 7) is -0.145. The smallest absolute Gasteiger partial charge is 0.348 e. The summed E-state index contributed by atoms with van der Waals surface area (Å²) in [5.41, 5.74) is 0. The maximum Gasteiger partial charge on any atom is 0.348 e. The summed E-state index contributed by atoms with van der Waals surface area (Å²) < 4.78 is 8.36. The van der Waals surface area contributed by atoms with Crippen molar-refractivity contribution in [3.05, 3.63) is 0 Å². The van der Waals surface area contributed by atoms with Crippen LogP contribution in [-0.4, -0.2) is 47.9 Å². The zero-order chi connectivity index (χ0) is 10.4. The van der Waals surface area contributed by atoms with Crippen LogP contribution >= 0.6 is 0 Å². The van der Waals surface area contributed by atoms with Crippen LogP contribution in [0.5, 0.6) is 0 Å². The van der Waals surface area contributed by atoms with Crippen LogP contribution in [-0.2, 0) is 23.9 Å². The highest BCUT2D eigenvalue weighted by Gasteiger charge is 2.35. The van der Waals surface area contributed by atoms with Crippen LogP contribution in [0.1, 0.15) is 0 Å². The molecule has 0 aliphatic rings. The van der Waals surface area contributed by atoms with E-state index in [1.165, 1.54) is 0 Å². The molecule has 7 heteroatoms. The van der Waals surface area contributed by atoms with E-state index in [4.69, 9.17) is 10.2 Å². The highest BCUT2D eigenvalue weighted by Crippen LogP contribution is 2.03. The molecule has 2 atom stereocenters. The van der Waals surface area contributed by atoms with Gasteiger partial charge in [-0.3, -0.25) is 4.79 Å². The average molecular weight is 192 g/mol. The standard InChI is InChI=1S/C6H8O7/c1-12-3(5(8)9)4(6(10)11)13-2-7/h2-4H,1H3,(H,8,9)(H,10,11). The van der Waals surface area contributed by atoms with Crippen molar-refractivity contribution in [3.63, 3.8) is 0 Å². The number of hydrogen-bond donors (Lipinski definition) is 2. The molecule has 0 aliphatic carbocycles. The highest BCUT2D eigenvalue weighted by atomic mass is 16.6. The predicted octanol–water partition coefficient (Wildman–Crippen LogP) is -1.29. The Morgan fingerprint density at radius 2 is 1.69 bits per heavy atom. The lowest BCUT2D eigenvalue weighted by Crippen LogP contribution is -2.42. The van der Waals surface area contributed by atoms with Gasteiger partial charge in [0.25, 0.3) is 6.47 Å². The SMILES string of the molecule is COC(C(=O)O)C(OC=O)C(=O)O. The fourth-order valence-corrected chi connectivity index (χ4v) is 0.673. The number of methoxy groups -OCH3 is 1. The Labute approximate surface area is 72.9 Å². The average Bonchev–Trinajstić information content (AvgIpc) is 2.03. The first-order valence-corrected chi connectivity index (χ1v) is 3.12. The van der Waals surface area contributed by atoms with E-state index in [1.54, 1.807) is 0 Å². The Balaban J connectivity index is 4.57. The molecule has 0 bridgehead atoms. The third kappa shape index (κ3) is 3.08. The minimum absolute atomic E-state index is 0.145. The summed E-state index contributed by atoms with van der Waals surface area (Å²) in [6, 6.07) is 0. The Morgan fingerprint density at radius 1 is 1.23 bits per heavy atom. The fraction of sp³-hybridized carbons (Fsp3) is 0.500. The fourth-order valence-electron chi connectivity index (χ4n) is 0.673. The van der Waals surface area contributed by atoms with E-state index in [1.807, 2.05) is 0 Å². The van der Waals surface area contributed by atoms with Gasteiger partial charge in [0.1, 0.15) is 0 Å². The minimum atomic E-state index is -1.83. The molecule has 0 aromatic rings. The lowest BCUT2D eigenvalue weighted by molar-refractivity contribution is -0.175. The number of carboxylic acids is 2. The third-order valence-electron chi connectivity index (χ3n) is 1.22. The summed E-state index contributed by atoms with van der Waals surface area (Å²) in [4.78, 5) is 30.6. The van der Waals surface area contributed by atoms with Crippen LogP contribution in [0.4, 0.5) is 0 Å². The van der Waals surface area contributed by atoms with Crippen LogP contribution in [0.25, 0.3) is 0 Å². The molecule has 0 heterocycles. The second-order valence-corrected chi connectivity index (χ2v) is 1.99. The lowest BCUT2D eigenvalue weighted by atomic mass is 10.2. The van der Waals surface area contributed by atoms with Crippen LogP contribution in [0.2, 0.25) is 0 Å². The van der Waals surface area contributed by atoms with Gasteiger partial charge in [-0.15, -0.1) is 0 Å². The van der Waals surface area contributed by atoms with E-state index in [-0.39, 0.29) is 6.47 Å².